The first kappa shape index (κ1) is 11.9. The van der Waals surface area contributed by atoms with Gasteiger partial charge in [-0.25, -0.2) is 0 Å². The predicted molar refractivity (Wildman–Crippen MR) is 61.3 cm³/mol. The van der Waals surface area contributed by atoms with E-state index in [4.69, 9.17) is 5.73 Å². The summed E-state index contributed by atoms with van der Waals surface area (Å²) < 4.78 is 0. The number of amides is 1. The highest BCUT2D eigenvalue weighted by atomic mass is 32.2. The number of primary amides is 1. The zero-order valence-corrected chi connectivity index (χ0v) is 9.61. The summed E-state index contributed by atoms with van der Waals surface area (Å²) in [5.74, 6) is 3.23. The Morgan fingerprint density at radius 2 is 2.36 bits per heavy atom. The first-order chi connectivity index (χ1) is 6.68. The largest absolute Gasteiger partial charge is 0.370 e. The number of carbonyl (C=O) groups excluding carboxylic acids is 1. The van der Waals surface area contributed by atoms with Crippen molar-refractivity contribution in [1.29, 1.82) is 0 Å². The van der Waals surface area contributed by atoms with Crippen LogP contribution in [0.5, 0.6) is 0 Å². The van der Waals surface area contributed by atoms with E-state index in [-0.39, 0.29) is 11.9 Å². The summed E-state index contributed by atoms with van der Waals surface area (Å²) >= 11 is 2.01. The van der Waals surface area contributed by atoms with E-state index in [1.165, 1.54) is 18.6 Å². The van der Waals surface area contributed by atoms with Gasteiger partial charge in [0, 0.05) is 24.8 Å². The average molecular weight is 216 g/mol. The molecule has 0 aromatic heterocycles. The van der Waals surface area contributed by atoms with Gasteiger partial charge in [-0.1, -0.05) is 0 Å². The van der Waals surface area contributed by atoms with Crippen LogP contribution in [0.25, 0.3) is 0 Å². The molecule has 0 aromatic carbocycles. The molecule has 1 fully saturated rings. The van der Waals surface area contributed by atoms with Gasteiger partial charge in [0.15, 0.2) is 0 Å². The number of hydrogen-bond acceptors (Lipinski definition) is 3. The zero-order chi connectivity index (χ0) is 10.4. The molecule has 1 amide bonds. The highest BCUT2D eigenvalue weighted by molar-refractivity contribution is 7.99. The molecule has 1 unspecified atom stereocenters. The fourth-order valence-corrected chi connectivity index (χ4v) is 2.38. The molecule has 82 valence electrons. The van der Waals surface area contributed by atoms with Crippen LogP contribution in [0.15, 0.2) is 0 Å². The molecule has 0 aliphatic heterocycles. The van der Waals surface area contributed by atoms with E-state index >= 15 is 0 Å². The van der Waals surface area contributed by atoms with Gasteiger partial charge in [0.05, 0.1) is 0 Å². The number of nitrogens with one attached hydrogen (secondary N) is 1. The first-order valence-electron chi connectivity index (χ1n) is 5.28. The van der Waals surface area contributed by atoms with Gasteiger partial charge in [0.25, 0.3) is 0 Å². The molecule has 0 spiro atoms. The van der Waals surface area contributed by atoms with Gasteiger partial charge in [-0.05, 0) is 31.4 Å². The van der Waals surface area contributed by atoms with Crippen molar-refractivity contribution in [2.24, 2.45) is 11.7 Å². The molecule has 3 nitrogen and oxygen atoms in total. The first-order valence-corrected chi connectivity index (χ1v) is 6.43. The van der Waals surface area contributed by atoms with Crippen LogP contribution in [0, 0.1) is 5.92 Å². The van der Waals surface area contributed by atoms with Crippen molar-refractivity contribution >= 4 is 17.7 Å². The molecular formula is C10H20N2OS. The van der Waals surface area contributed by atoms with Crippen LogP contribution in [0.3, 0.4) is 0 Å². The average Bonchev–Trinajstić information content (AvgIpc) is 2.86. The monoisotopic (exact) mass is 216 g/mol. The molecule has 1 rings (SSSR count). The second-order valence-electron chi connectivity index (χ2n) is 4.04. The Kier molecular flexibility index (Phi) is 5.33. The molecule has 0 saturated heterocycles. The predicted octanol–water partition coefficient (Wildman–Crippen LogP) is 0.983. The Labute approximate surface area is 90.2 Å². The number of nitrogens with two attached hydrogens (primary N) is 1. The van der Waals surface area contributed by atoms with Crippen LogP contribution in [-0.4, -0.2) is 30.0 Å². The van der Waals surface area contributed by atoms with Crippen LogP contribution in [-0.2, 0) is 4.79 Å². The number of carbonyl (C=O) groups is 1. The van der Waals surface area contributed by atoms with E-state index in [1.54, 1.807) is 0 Å². The minimum absolute atomic E-state index is 0.217. The standard InChI is InChI=1S/C10H20N2OS/c1-8(6-10(11)13)12-4-5-14-7-9-2-3-9/h8-9,12H,2-7H2,1H3,(H2,11,13). The van der Waals surface area contributed by atoms with E-state index in [2.05, 4.69) is 5.32 Å². The fourth-order valence-electron chi connectivity index (χ4n) is 1.29. The molecule has 0 radical (unpaired) electrons. The molecule has 1 saturated carbocycles. The third kappa shape index (κ3) is 6.27. The molecule has 1 atom stereocenters. The van der Waals surface area contributed by atoms with Gasteiger partial charge in [-0.2, -0.15) is 11.8 Å². The van der Waals surface area contributed by atoms with Gasteiger partial charge in [-0.15, -0.1) is 0 Å². The number of rotatable bonds is 8. The lowest BCUT2D eigenvalue weighted by molar-refractivity contribution is -0.118. The Hall–Kier alpha value is -0.220. The second-order valence-corrected chi connectivity index (χ2v) is 5.19. The van der Waals surface area contributed by atoms with Crippen molar-refractivity contribution in [1.82, 2.24) is 5.32 Å². The summed E-state index contributed by atoms with van der Waals surface area (Å²) in [5.41, 5.74) is 5.09. The lowest BCUT2D eigenvalue weighted by atomic mass is 10.2. The SMILES string of the molecule is CC(CC(N)=O)NCCSCC1CC1. The van der Waals surface area contributed by atoms with Crippen molar-refractivity contribution in [2.75, 3.05) is 18.1 Å². The Morgan fingerprint density at radius 3 is 2.93 bits per heavy atom. The summed E-state index contributed by atoms with van der Waals surface area (Å²) in [7, 11) is 0. The number of hydrogen-bond donors (Lipinski definition) is 2. The van der Waals surface area contributed by atoms with Crippen LogP contribution < -0.4 is 11.1 Å². The van der Waals surface area contributed by atoms with Crippen molar-refractivity contribution < 1.29 is 4.79 Å². The summed E-state index contributed by atoms with van der Waals surface area (Å²) in [6.45, 7) is 2.97. The highest BCUT2D eigenvalue weighted by Crippen LogP contribution is 2.32. The molecule has 14 heavy (non-hydrogen) atoms. The second kappa shape index (κ2) is 6.30. The van der Waals surface area contributed by atoms with E-state index in [0.717, 1.165) is 18.2 Å². The third-order valence-corrected chi connectivity index (χ3v) is 3.50. The molecule has 1 aliphatic rings. The lowest BCUT2D eigenvalue weighted by Crippen LogP contribution is -2.32. The Balaban J connectivity index is 1.83. The van der Waals surface area contributed by atoms with Gasteiger partial charge in [-0.3, -0.25) is 4.79 Å². The maximum Gasteiger partial charge on any atom is 0.218 e. The van der Waals surface area contributed by atoms with Crippen LogP contribution in [0.4, 0.5) is 0 Å². The molecule has 4 heteroatoms. The Morgan fingerprint density at radius 1 is 1.64 bits per heavy atom. The van der Waals surface area contributed by atoms with Gasteiger partial charge in [0.1, 0.15) is 0 Å². The highest BCUT2D eigenvalue weighted by Gasteiger charge is 2.20. The van der Waals surface area contributed by atoms with E-state index in [0.29, 0.717) is 6.42 Å². The molecule has 0 bridgehead atoms. The quantitative estimate of drug-likeness (QED) is 0.595. The smallest absolute Gasteiger partial charge is 0.218 e. The van der Waals surface area contributed by atoms with Gasteiger partial charge < -0.3 is 11.1 Å². The van der Waals surface area contributed by atoms with Crippen LogP contribution in [0.2, 0.25) is 0 Å². The summed E-state index contributed by atoms with van der Waals surface area (Å²) in [6, 6.07) is 0.217. The maximum absolute atomic E-state index is 10.6. The van der Waals surface area contributed by atoms with Crippen LogP contribution >= 0.6 is 11.8 Å². The van der Waals surface area contributed by atoms with Crippen molar-refractivity contribution in [3.8, 4) is 0 Å². The summed E-state index contributed by atoms with van der Waals surface area (Å²) in [5, 5.41) is 3.29. The third-order valence-electron chi connectivity index (χ3n) is 2.30. The van der Waals surface area contributed by atoms with Gasteiger partial charge in [0.2, 0.25) is 5.91 Å². The minimum atomic E-state index is -0.226. The minimum Gasteiger partial charge on any atom is -0.370 e. The molecule has 0 aromatic rings. The maximum atomic E-state index is 10.6. The molecule has 1 aliphatic carbocycles. The fraction of sp³-hybridized carbons (Fsp3) is 0.900. The van der Waals surface area contributed by atoms with Crippen molar-refractivity contribution in [3.63, 3.8) is 0 Å². The molecular weight excluding hydrogens is 196 g/mol. The van der Waals surface area contributed by atoms with Crippen molar-refractivity contribution in [2.45, 2.75) is 32.2 Å². The molecule has 0 heterocycles. The van der Waals surface area contributed by atoms with Crippen molar-refractivity contribution in [3.05, 3.63) is 0 Å². The summed E-state index contributed by atoms with van der Waals surface area (Å²) in [4.78, 5) is 10.6. The lowest BCUT2D eigenvalue weighted by Gasteiger charge is -2.11. The number of thioether (sulfide) groups is 1. The van der Waals surface area contributed by atoms with E-state index in [1.807, 2.05) is 18.7 Å². The van der Waals surface area contributed by atoms with E-state index in [9.17, 15) is 4.79 Å². The molecule has 3 N–H and O–H groups in total. The summed E-state index contributed by atoms with van der Waals surface area (Å²) in [6.07, 6.45) is 3.30. The topological polar surface area (TPSA) is 55.1 Å². The normalized spacial score (nSPS) is 18.1. The van der Waals surface area contributed by atoms with Crippen LogP contribution in [0.1, 0.15) is 26.2 Å². The Bertz CT molecular complexity index is 183. The van der Waals surface area contributed by atoms with E-state index < -0.39 is 0 Å². The van der Waals surface area contributed by atoms with Gasteiger partial charge >= 0.3 is 0 Å². The zero-order valence-electron chi connectivity index (χ0n) is 8.79.